The molecule has 2 aromatic rings. The van der Waals surface area contributed by atoms with Gasteiger partial charge < -0.3 is 9.80 Å². The third-order valence-corrected chi connectivity index (χ3v) is 4.05. The van der Waals surface area contributed by atoms with Crippen LogP contribution in [0.25, 0.3) is 0 Å². The van der Waals surface area contributed by atoms with Gasteiger partial charge in [-0.3, -0.25) is 4.98 Å². The zero-order chi connectivity index (χ0) is 16.2. The SMILES string of the molecule is Cc1cnc(C)c(N2CCCN(c3ncccc3C#N)CC2)n1. The highest BCUT2D eigenvalue weighted by molar-refractivity contribution is 5.54. The van der Waals surface area contributed by atoms with Crippen LogP contribution in [0.1, 0.15) is 23.4 Å². The first kappa shape index (κ1) is 15.2. The minimum atomic E-state index is 0.632. The maximum absolute atomic E-state index is 9.27. The van der Waals surface area contributed by atoms with Gasteiger partial charge in [0.25, 0.3) is 0 Å². The fraction of sp³-hybridized carbons (Fsp3) is 0.412. The second-order valence-electron chi connectivity index (χ2n) is 5.73. The van der Waals surface area contributed by atoms with Crippen molar-refractivity contribution in [3.8, 4) is 6.07 Å². The Balaban J connectivity index is 1.80. The minimum Gasteiger partial charge on any atom is -0.354 e. The number of pyridine rings is 1. The van der Waals surface area contributed by atoms with E-state index < -0.39 is 0 Å². The predicted molar refractivity (Wildman–Crippen MR) is 89.5 cm³/mol. The average Bonchev–Trinajstić information content (AvgIpc) is 2.83. The fourth-order valence-electron chi connectivity index (χ4n) is 2.90. The Kier molecular flexibility index (Phi) is 4.38. The third kappa shape index (κ3) is 3.24. The second-order valence-corrected chi connectivity index (χ2v) is 5.73. The van der Waals surface area contributed by atoms with E-state index in [1.807, 2.05) is 19.9 Å². The Bertz CT molecular complexity index is 736. The number of aromatic nitrogens is 3. The van der Waals surface area contributed by atoms with Gasteiger partial charge >= 0.3 is 0 Å². The monoisotopic (exact) mass is 308 g/mol. The first-order valence-electron chi connectivity index (χ1n) is 7.84. The Morgan fingerprint density at radius 3 is 2.52 bits per heavy atom. The number of nitrogens with zero attached hydrogens (tertiary/aromatic N) is 6. The third-order valence-electron chi connectivity index (χ3n) is 4.05. The van der Waals surface area contributed by atoms with Gasteiger partial charge in [-0.25, -0.2) is 9.97 Å². The zero-order valence-electron chi connectivity index (χ0n) is 13.5. The normalized spacial score (nSPS) is 15.2. The number of hydrogen-bond acceptors (Lipinski definition) is 6. The van der Waals surface area contributed by atoms with Crippen LogP contribution in [0.4, 0.5) is 11.6 Å². The Labute approximate surface area is 136 Å². The van der Waals surface area contributed by atoms with E-state index >= 15 is 0 Å². The van der Waals surface area contributed by atoms with Crippen LogP contribution in [0, 0.1) is 25.2 Å². The molecule has 1 aliphatic heterocycles. The largest absolute Gasteiger partial charge is 0.354 e. The molecule has 1 aliphatic rings. The first-order valence-corrected chi connectivity index (χ1v) is 7.84. The predicted octanol–water partition coefficient (Wildman–Crippen LogP) is 2.08. The van der Waals surface area contributed by atoms with Gasteiger partial charge in [0, 0.05) is 38.6 Å². The zero-order valence-corrected chi connectivity index (χ0v) is 13.5. The Morgan fingerprint density at radius 2 is 1.78 bits per heavy atom. The van der Waals surface area contributed by atoms with Crippen molar-refractivity contribution in [1.82, 2.24) is 15.0 Å². The molecule has 1 fully saturated rings. The van der Waals surface area contributed by atoms with E-state index in [4.69, 9.17) is 0 Å². The van der Waals surface area contributed by atoms with Gasteiger partial charge in [0.2, 0.25) is 0 Å². The molecule has 1 saturated heterocycles. The summed E-state index contributed by atoms with van der Waals surface area (Å²) >= 11 is 0. The molecule has 0 atom stereocenters. The molecular formula is C17H20N6. The molecule has 0 bridgehead atoms. The molecular weight excluding hydrogens is 288 g/mol. The highest BCUT2D eigenvalue weighted by atomic mass is 15.3. The average molecular weight is 308 g/mol. The van der Waals surface area contributed by atoms with E-state index in [2.05, 4.69) is 30.8 Å². The van der Waals surface area contributed by atoms with Crippen molar-refractivity contribution < 1.29 is 0 Å². The molecule has 0 amide bonds. The maximum Gasteiger partial charge on any atom is 0.150 e. The lowest BCUT2D eigenvalue weighted by molar-refractivity contribution is 0.785. The second kappa shape index (κ2) is 6.61. The van der Waals surface area contributed by atoms with E-state index in [0.717, 1.165) is 55.6 Å². The maximum atomic E-state index is 9.27. The van der Waals surface area contributed by atoms with E-state index in [1.165, 1.54) is 0 Å². The van der Waals surface area contributed by atoms with E-state index in [0.29, 0.717) is 5.56 Å². The van der Waals surface area contributed by atoms with E-state index in [-0.39, 0.29) is 0 Å². The summed E-state index contributed by atoms with van der Waals surface area (Å²) in [4.78, 5) is 17.9. The van der Waals surface area contributed by atoms with Gasteiger partial charge in [-0.2, -0.15) is 5.26 Å². The lowest BCUT2D eigenvalue weighted by Crippen LogP contribution is -2.32. The van der Waals surface area contributed by atoms with Crippen molar-refractivity contribution in [2.45, 2.75) is 20.3 Å². The topological polar surface area (TPSA) is 68.9 Å². The number of hydrogen-bond donors (Lipinski definition) is 0. The molecule has 6 heteroatoms. The number of aryl methyl sites for hydroxylation is 2. The first-order chi connectivity index (χ1) is 11.2. The van der Waals surface area contributed by atoms with Gasteiger partial charge in [-0.1, -0.05) is 0 Å². The molecule has 0 saturated carbocycles. The summed E-state index contributed by atoms with van der Waals surface area (Å²) in [6.45, 7) is 7.45. The lowest BCUT2D eigenvalue weighted by Gasteiger charge is -2.24. The van der Waals surface area contributed by atoms with Crippen molar-refractivity contribution in [2.75, 3.05) is 36.0 Å². The molecule has 118 valence electrons. The molecule has 0 N–H and O–H groups in total. The molecule has 3 rings (SSSR count). The van der Waals surface area contributed by atoms with Crippen LogP contribution in [0.2, 0.25) is 0 Å². The molecule has 23 heavy (non-hydrogen) atoms. The van der Waals surface area contributed by atoms with Crippen molar-refractivity contribution in [3.63, 3.8) is 0 Å². The van der Waals surface area contributed by atoms with E-state index in [1.54, 1.807) is 18.5 Å². The van der Waals surface area contributed by atoms with Crippen LogP contribution in [-0.4, -0.2) is 41.1 Å². The summed E-state index contributed by atoms with van der Waals surface area (Å²) in [7, 11) is 0. The van der Waals surface area contributed by atoms with Crippen LogP contribution >= 0.6 is 0 Å². The quantitative estimate of drug-likeness (QED) is 0.846. The summed E-state index contributed by atoms with van der Waals surface area (Å²) in [6, 6.07) is 5.86. The van der Waals surface area contributed by atoms with Crippen molar-refractivity contribution in [3.05, 3.63) is 41.5 Å². The van der Waals surface area contributed by atoms with Crippen LogP contribution in [0.3, 0.4) is 0 Å². The molecule has 0 spiro atoms. The fourth-order valence-corrected chi connectivity index (χ4v) is 2.90. The highest BCUT2D eigenvalue weighted by Gasteiger charge is 2.20. The summed E-state index contributed by atoms with van der Waals surface area (Å²) in [6.07, 6.45) is 4.54. The van der Waals surface area contributed by atoms with Crippen molar-refractivity contribution in [1.29, 1.82) is 5.26 Å². The van der Waals surface area contributed by atoms with Crippen LogP contribution < -0.4 is 9.80 Å². The summed E-state index contributed by atoms with van der Waals surface area (Å²) in [5.41, 5.74) is 2.52. The molecule has 6 nitrogen and oxygen atoms in total. The molecule has 0 radical (unpaired) electrons. The Morgan fingerprint density at radius 1 is 1.04 bits per heavy atom. The lowest BCUT2D eigenvalue weighted by atomic mass is 10.2. The van der Waals surface area contributed by atoms with Gasteiger partial charge in [0.05, 0.1) is 17.0 Å². The van der Waals surface area contributed by atoms with Crippen LogP contribution in [0.5, 0.6) is 0 Å². The number of nitriles is 1. The van der Waals surface area contributed by atoms with Gasteiger partial charge in [-0.05, 0) is 32.4 Å². The van der Waals surface area contributed by atoms with Gasteiger partial charge in [0.15, 0.2) is 0 Å². The molecule has 0 aromatic carbocycles. The molecule has 2 aromatic heterocycles. The van der Waals surface area contributed by atoms with E-state index in [9.17, 15) is 5.26 Å². The molecule has 3 heterocycles. The standard InChI is InChI=1S/C17H20N6/c1-13-12-20-14(2)16(21-13)22-7-4-8-23(10-9-22)17-15(11-18)5-3-6-19-17/h3,5-6,12H,4,7-10H2,1-2H3. The van der Waals surface area contributed by atoms with Crippen molar-refractivity contribution >= 4 is 11.6 Å². The summed E-state index contributed by atoms with van der Waals surface area (Å²) in [5.74, 6) is 1.75. The smallest absolute Gasteiger partial charge is 0.150 e. The molecule has 0 unspecified atom stereocenters. The van der Waals surface area contributed by atoms with Crippen LogP contribution in [0.15, 0.2) is 24.5 Å². The highest BCUT2D eigenvalue weighted by Crippen LogP contribution is 2.21. The van der Waals surface area contributed by atoms with Gasteiger partial charge in [-0.15, -0.1) is 0 Å². The number of rotatable bonds is 2. The minimum absolute atomic E-state index is 0.632. The Hall–Kier alpha value is -2.68. The number of anilines is 2. The van der Waals surface area contributed by atoms with Crippen LogP contribution in [-0.2, 0) is 0 Å². The summed E-state index contributed by atoms with van der Waals surface area (Å²) < 4.78 is 0. The van der Waals surface area contributed by atoms with Gasteiger partial charge in [0.1, 0.15) is 17.7 Å². The summed E-state index contributed by atoms with van der Waals surface area (Å²) in [5, 5.41) is 9.27. The molecule has 0 aliphatic carbocycles. The van der Waals surface area contributed by atoms with Crippen molar-refractivity contribution in [2.24, 2.45) is 0 Å².